The standard InChI is InChI=1S/C19H25N3O3/c1-15(23)22-10-8-17(9-11-22)21-19(24)7-2-3-12-25-18-6-4-5-16(13-18)14-20/h4-6,13,17H,2-3,7-12H2,1H3,(H,21,24). The molecule has 2 rings (SSSR count). The van der Waals surface area contributed by atoms with Gasteiger partial charge in [0.1, 0.15) is 5.75 Å². The second-order valence-electron chi connectivity index (χ2n) is 6.29. The van der Waals surface area contributed by atoms with Crippen molar-refractivity contribution in [2.75, 3.05) is 19.7 Å². The van der Waals surface area contributed by atoms with Gasteiger partial charge in [-0.25, -0.2) is 0 Å². The zero-order valence-corrected chi connectivity index (χ0v) is 14.7. The van der Waals surface area contributed by atoms with Crippen molar-refractivity contribution in [3.05, 3.63) is 29.8 Å². The van der Waals surface area contributed by atoms with Crippen LogP contribution in [0, 0.1) is 11.3 Å². The Bertz CT molecular complexity index is 631. The number of amides is 2. The van der Waals surface area contributed by atoms with E-state index in [0.29, 0.717) is 24.3 Å². The predicted molar refractivity (Wildman–Crippen MR) is 93.9 cm³/mol. The first-order chi connectivity index (χ1) is 12.1. The number of ether oxygens (including phenoxy) is 1. The Morgan fingerprint density at radius 1 is 1.32 bits per heavy atom. The van der Waals surface area contributed by atoms with Crippen LogP contribution in [0.15, 0.2) is 24.3 Å². The molecule has 1 fully saturated rings. The number of nitrogens with one attached hydrogen (secondary N) is 1. The van der Waals surface area contributed by atoms with Gasteiger partial charge in [-0.2, -0.15) is 5.26 Å². The van der Waals surface area contributed by atoms with Gasteiger partial charge in [-0.1, -0.05) is 6.07 Å². The molecule has 0 radical (unpaired) electrons. The van der Waals surface area contributed by atoms with Crippen molar-refractivity contribution in [1.82, 2.24) is 10.2 Å². The normalized spacial score (nSPS) is 14.6. The molecule has 1 aliphatic heterocycles. The first kappa shape index (κ1) is 18.8. The second kappa shape index (κ2) is 9.67. The minimum atomic E-state index is 0.0627. The molecule has 1 aromatic rings. The fourth-order valence-electron chi connectivity index (χ4n) is 2.87. The third kappa shape index (κ3) is 6.46. The molecule has 0 aliphatic carbocycles. The average molecular weight is 343 g/mol. The second-order valence-corrected chi connectivity index (χ2v) is 6.29. The van der Waals surface area contributed by atoms with Gasteiger partial charge >= 0.3 is 0 Å². The largest absolute Gasteiger partial charge is 0.494 e. The highest BCUT2D eigenvalue weighted by atomic mass is 16.5. The quantitative estimate of drug-likeness (QED) is 0.770. The molecule has 1 aromatic carbocycles. The fourth-order valence-corrected chi connectivity index (χ4v) is 2.87. The molecule has 134 valence electrons. The van der Waals surface area contributed by atoms with Gasteiger partial charge in [0, 0.05) is 32.5 Å². The van der Waals surface area contributed by atoms with Crippen LogP contribution in [-0.2, 0) is 9.59 Å². The van der Waals surface area contributed by atoms with Gasteiger partial charge in [-0.3, -0.25) is 9.59 Å². The first-order valence-electron chi connectivity index (χ1n) is 8.76. The van der Waals surface area contributed by atoms with Crippen LogP contribution in [0.1, 0.15) is 44.6 Å². The summed E-state index contributed by atoms with van der Waals surface area (Å²) >= 11 is 0. The molecule has 0 saturated carbocycles. The van der Waals surface area contributed by atoms with Crippen molar-refractivity contribution in [3.63, 3.8) is 0 Å². The van der Waals surface area contributed by atoms with E-state index in [1.54, 1.807) is 25.1 Å². The molecule has 1 saturated heterocycles. The summed E-state index contributed by atoms with van der Waals surface area (Å²) in [7, 11) is 0. The highest BCUT2D eigenvalue weighted by Gasteiger charge is 2.21. The van der Waals surface area contributed by atoms with Crippen LogP contribution in [0.2, 0.25) is 0 Å². The number of unbranched alkanes of at least 4 members (excludes halogenated alkanes) is 1. The molecule has 0 spiro atoms. The molecule has 6 heteroatoms. The van der Waals surface area contributed by atoms with Gasteiger partial charge in [0.25, 0.3) is 0 Å². The van der Waals surface area contributed by atoms with Crippen LogP contribution >= 0.6 is 0 Å². The molecule has 0 bridgehead atoms. The Morgan fingerprint density at radius 3 is 2.76 bits per heavy atom. The van der Waals surface area contributed by atoms with E-state index in [2.05, 4.69) is 11.4 Å². The lowest BCUT2D eigenvalue weighted by Gasteiger charge is -2.31. The first-order valence-corrected chi connectivity index (χ1v) is 8.76. The van der Waals surface area contributed by atoms with Crippen molar-refractivity contribution in [1.29, 1.82) is 5.26 Å². The maximum Gasteiger partial charge on any atom is 0.220 e. The maximum atomic E-state index is 12.0. The van der Waals surface area contributed by atoms with Gasteiger partial charge in [0.2, 0.25) is 11.8 Å². The van der Waals surface area contributed by atoms with Crippen LogP contribution in [0.4, 0.5) is 0 Å². The SMILES string of the molecule is CC(=O)N1CCC(NC(=O)CCCCOc2cccc(C#N)c2)CC1. The molecule has 1 aliphatic rings. The van der Waals surface area contributed by atoms with Gasteiger partial charge in [0.15, 0.2) is 0 Å². The predicted octanol–water partition coefficient (Wildman–Crippen LogP) is 2.23. The number of hydrogen-bond donors (Lipinski definition) is 1. The number of benzene rings is 1. The lowest BCUT2D eigenvalue weighted by Crippen LogP contribution is -2.45. The lowest BCUT2D eigenvalue weighted by molar-refractivity contribution is -0.130. The summed E-state index contributed by atoms with van der Waals surface area (Å²) < 4.78 is 5.59. The number of likely N-dealkylation sites (tertiary alicyclic amines) is 1. The highest BCUT2D eigenvalue weighted by Crippen LogP contribution is 2.13. The molecule has 1 heterocycles. The summed E-state index contributed by atoms with van der Waals surface area (Å²) in [5.41, 5.74) is 0.577. The van der Waals surface area contributed by atoms with E-state index >= 15 is 0 Å². The minimum Gasteiger partial charge on any atom is -0.494 e. The van der Waals surface area contributed by atoms with E-state index < -0.39 is 0 Å². The number of hydrogen-bond acceptors (Lipinski definition) is 4. The summed E-state index contributed by atoms with van der Waals surface area (Å²) in [5, 5.41) is 11.9. The van der Waals surface area contributed by atoms with Crippen molar-refractivity contribution in [2.24, 2.45) is 0 Å². The van der Waals surface area contributed by atoms with Crippen LogP contribution in [-0.4, -0.2) is 42.5 Å². The van der Waals surface area contributed by atoms with E-state index in [9.17, 15) is 9.59 Å². The number of nitrogens with zero attached hydrogens (tertiary/aromatic N) is 2. The van der Waals surface area contributed by atoms with Gasteiger partial charge < -0.3 is 15.0 Å². The number of carbonyl (C=O) groups excluding carboxylic acids is 2. The van der Waals surface area contributed by atoms with Crippen molar-refractivity contribution in [2.45, 2.75) is 45.1 Å². The van der Waals surface area contributed by atoms with E-state index in [1.807, 2.05) is 11.0 Å². The smallest absolute Gasteiger partial charge is 0.220 e. The number of rotatable bonds is 7. The van der Waals surface area contributed by atoms with E-state index in [-0.39, 0.29) is 17.9 Å². The Labute approximate surface area is 148 Å². The maximum absolute atomic E-state index is 12.0. The monoisotopic (exact) mass is 343 g/mol. The minimum absolute atomic E-state index is 0.0627. The van der Waals surface area contributed by atoms with E-state index in [0.717, 1.165) is 38.8 Å². The lowest BCUT2D eigenvalue weighted by atomic mass is 10.0. The zero-order chi connectivity index (χ0) is 18.1. The van der Waals surface area contributed by atoms with Crippen LogP contribution < -0.4 is 10.1 Å². The summed E-state index contributed by atoms with van der Waals surface area (Å²) in [5.74, 6) is 0.846. The Balaban J connectivity index is 1.57. The summed E-state index contributed by atoms with van der Waals surface area (Å²) in [4.78, 5) is 25.1. The summed E-state index contributed by atoms with van der Waals surface area (Å²) in [6.45, 7) is 3.54. The van der Waals surface area contributed by atoms with Crippen LogP contribution in [0.5, 0.6) is 5.75 Å². The third-order valence-corrected chi connectivity index (χ3v) is 4.34. The average Bonchev–Trinajstić information content (AvgIpc) is 2.62. The van der Waals surface area contributed by atoms with Crippen LogP contribution in [0.25, 0.3) is 0 Å². The summed E-state index contributed by atoms with van der Waals surface area (Å²) in [6, 6.07) is 9.30. The van der Waals surface area contributed by atoms with Gasteiger partial charge in [-0.05, 0) is 43.9 Å². The molecular weight excluding hydrogens is 318 g/mol. The Morgan fingerprint density at radius 2 is 2.08 bits per heavy atom. The van der Waals surface area contributed by atoms with E-state index in [4.69, 9.17) is 10.00 Å². The Hall–Kier alpha value is -2.55. The summed E-state index contributed by atoms with van der Waals surface area (Å²) in [6.07, 6.45) is 3.67. The molecule has 25 heavy (non-hydrogen) atoms. The highest BCUT2D eigenvalue weighted by molar-refractivity contribution is 5.76. The fraction of sp³-hybridized carbons (Fsp3) is 0.526. The molecule has 0 aromatic heterocycles. The Kier molecular flexibility index (Phi) is 7.27. The number of nitriles is 1. The van der Waals surface area contributed by atoms with Crippen LogP contribution in [0.3, 0.4) is 0 Å². The molecular formula is C19H25N3O3. The van der Waals surface area contributed by atoms with Gasteiger partial charge in [-0.15, -0.1) is 0 Å². The third-order valence-electron chi connectivity index (χ3n) is 4.34. The number of piperidine rings is 1. The van der Waals surface area contributed by atoms with Crippen molar-refractivity contribution >= 4 is 11.8 Å². The molecule has 0 unspecified atom stereocenters. The molecule has 0 atom stereocenters. The topological polar surface area (TPSA) is 82.4 Å². The number of carbonyl (C=O) groups is 2. The molecule has 1 N–H and O–H groups in total. The zero-order valence-electron chi connectivity index (χ0n) is 14.7. The molecule has 2 amide bonds. The van der Waals surface area contributed by atoms with E-state index in [1.165, 1.54) is 0 Å². The molecule has 6 nitrogen and oxygen atoms in total. The van der Waals surface area contributed by atoms with Crippen molar-refractivity contribution in [3.8, 4) is 11.8 Å². The van der Waals surface area contributed by atoms with Crippen molar-refractivity contribution < 1.29 is 14.3 Å². The van der Waals surface area contributed by atoms with Gasteiger partial charge in [0.05, 0.1) is 18.2 Å².